The van der Waals surface area contributed by atoms with Crippen LogP contribution in [0.5, 0.6) is 0 Å². The van der Waals surface area contributed by atoms with E-state index >= 15 is 0 Å². The monoisotopic (exact) mass is 303 g/mol. The van der Waals surface area contributed by atoms with Crippen molar-refractivity contribution in [3.8, 4) is 0 Å². The fraction of sp³-hybridized carbons (Fsp3) is 0.538. The Hall–Kier alpha value is -0.0500. The van der Waals surface area contributed by atoms with Crippen molar-refractivity contribution in [3.63, 3.8) is 0 Å². The molecule has 0 saturated carbocycles. The van der Waals surface area contributed by atoms with Crippen LogP contribution in [0.2, 0.25) is 0 Å². The first kappa shape index (κ1) is 12.0. The van der Waals surface area contributed by atoms with E-state index in [4.69, 9.17) is 0 Å². The molecule has 0 fully saturated rings. The van der Waals surface area contributed by atoms with Crippen LogP contribution in [0.1, 0.15) is 33.6 Å². The van der Waals surface area contributed by atoms with Crippen molar-refractivity contribution < 1.29 is 21.2 Å². The minimum atomic E-state index is 0.272. The van der Waals surface area contributed by atoms with Crippen LogP contribution in [0.3, 0.4) is 0 Å². The predicted molar refractivity (Wildman–Crippen MR) is 58.7 cm³/mol. The van der Waals surface area contributed by atoms with Crippen LogP contribution in [0.25, 0.3) is 0 Å². The van der Waals surface area contributed by atoms with Gasteiger partial charge in [0.2, 0.25) is 0 Å². The molecule has 0 unspecified atom stereocenters. The van der Waals surface area contributed by atoms with Gasteiger partial charge in [0.1, 0.15) is 0 Å². The van der Waals surface area contributed by atoms with E-state index in [0.717, 1.165) is 0 Å². The molecule has 0 radical (unpaired) electrons. The number of rotatable bonds is 4. The van der Waals surface area contributed by atoms with E-state index in [9.17, 15) is 0 Å². The van der Waals surface area contributed by atoms with E-state index in [-0.39, 0.29) is 21.2 Å². The van der Waals surface area contributed by atoms with Crippen LogP contribution >= 0.6 is 0 Å². The molecule has 0 amide bonds. The van der Waals surface area contributed by atoms with Gasteiger partial charge in [0.25, 0.3) is 0 Å². The zero-order valence-electron chi connectivity index (χ0n) is 9.39. The molecule has 0 aromatic heterocycles. The third-order valence-corrected chi connectivity index (χ3v) is 4.94. The maximum absolute atomic E-state index is 2.33. The summed E-state index contributed by atoms with van der Waals surface area (Å²) in [6.07, 6.45) is 2.76. The van der Waals surface area contributed by atoms with E-state index in [1.54, 1.807) is 3.57 Å². The molecule has 0 nitrogen and oxygen atoms in total. The normalized spacial score (nSPS) is 11.9. The van der Waals surface area contributed by atoms with Gasteiger partial charge >= 0.3 is 98.6 Å². The predicted octanol–water partition coefficient (Wildman–Crippen LogP) is 0.772. The fourth-order valence-corrected chi connectivity index (χ4v) is 3.59. The molecule has 0 N–H and O–H groups in total. The van der Waals surface area contributed by atoms with Crippen molar-refractivity contribution in [2.24, 2.45) is 5.41 Å². The Morgan fingerprint density at radius 2 is 1.71 bits per heavy atom. The Morgan fingerprint density at radius 3 is 2.29 bits per heavy atom. The first-order valence-electron chi connectivity index (χ1n) is 5.22. The Balaban J connectivity index is 2.17. The van der Waals surface area contributed by atoms with E-state index in [0.29, 0.717) is 5.41 Å². The summed E-state index contributed by atoms with van der Waals surface area (Å²) in [6, 6.07) is 10.9. The summed E-state index contributed by atoms with van der Waals surface area (Å²) in [5.74, 6) is 0. The molecule has 0 bridgehead atoms. The Labute approximate surface area is 98.4 Å². The summed E-state index contributed by atoms with van der Waals surface area (Å²) < 4.78 is 3.01. The zero-order chi connectivity index (χ0) is 10.4. The average molecular weight is 303 g/mol. The van der Waals surface area contributed by atoms with Gasteiger partial charge < -0.3 is 0 Å². The molecule has 0 aliphatic carbocycles. The molecule has 1 aromatic carbocycles. The molecule has 1 aromatic rings. The van der Waals surface area contributed by atoms with Crippen molar-refractivity contribution in [2.45, 2.75) is 33.6 Å². The van der Waals surface area contributed by atoms with E-state index in [1.807, 2.05) is 0 Å². The second-order valence-electron chi connectivity index (χ2n) is 4.78. The third kappa shape index (κ3) is 5.63. The van der Waals surface area contributed by atoms with Crippen LogP contribution in [0, 0.1) is 8.99 Å². The van der Waals surface area contributed by atoms with E-state index in [2.05, 4.69) is 51.1 Å². The van der Waals surface area contributed by atoms with Crippen LogP contribution in [-0.2, 0) is 0 Å². The standard InChI is InChI=1S/C13H20I/c1-13(2,3)10-7-11-14-12-8-5-4-6-9-12/h4-6,8-9H,7,10-11H2,1-3H3/q-1. The van der Waals surface area contributed by atoms with Crippen LogP contribution in [0.4, 0.5) is 0 Å². The van der Waals surface area contributed by atoms with Gasteiger partial charge in [-0.15, -0.1) is 0 Å². The Bertz CT molecular complexity index is 246. The van der Waals surface area contributed by atoms with Gasteiger partial charge in [0.15, 0.2) is 0 Å². The van der Waals surface area contributed by atoms with Crippen LogP contribution in [-0.4, -0.2) is 4.43 Å². The van der Waals surface area contributed by atoms with Gasteiger partial charge in [-0.2, -0.15) is 0 Å². The van der Waals surface area contributed by atoms with Gasteiger partial charge in [-0.1, -0.05) is 0 Å². The molecule has 80 valence electrons. The minimum absolute atomic E-state index is 0.272. The van der Waals surface area contributed by atoms with Crippen LogP contribution in [0.15, 0.2) is 30.3 Å². The van der Waals surface area contributed by atoms with Crippen molar-refractivity contribution in [1.29, 1.82) is 0 Å². The second-order valence-corrected chi connectivity index (χ2v) is 7.87. The molecule has 0 heterocycles. The van der Waals surface area contributed by atoms with Crippen LogP contribution < -0.4 is 21.2 Å². The van der Waals surface area contributed by atoms with Gasteiger partial charge in [-0.3, -0.25) is 0 Å². The maximum atomic E-state index is 2.33. The van der Waals surface area contributed by atoms with Crippen molar-refractivity contribution in [3.05, 3.63) is 33.9 Å². The second kappa shape index (κ2) is 5.74. The van der Waals surface area contributed by atoms with Gasteiger partial charge in [0.05, 0.1) is 0 Å². The summed E-state index contributed by atoms with van der Waals surface area (Å²) in [7, 11) is 0. The molecular weight excluding hydrogens is 283 g/mol. The topological polar surface area (TPSA) is 0 Å². The molecule has 0 saturated heterocycles. The number of hydrogen-bond acceptors (Lipinski definition) is 0. The number of benzene rings is 1. The summed E-state index contributed by atoms with van der Waals surface area (Å²) in [6.45, 7) is 6.98. The summed E-state index contributed by atoms with van der Waals surface area (Å²) in [5.41, 5.74) is 0.514. The SMILES string of the molecule is CC(C)(C)CCC[I-]c1ccccc1. The van der Waals surface area contributed by atoms with E-state index in [1.165, 1.54) is 17.3 Å². The molecule has 1 heteroatoms. The Morgan fingerprint density at radius 1 is 1.07 bits per heavy atom. The number of alkyl halides is 1. The number of halogens is 1. The van der Waals surface area contributed by atoms with Crippen molar-refractivity contribution in [1.82, 2.24) is 0 Å². The van der Waals surface area contributed by atoms with Gasteiger partial charge in [-0.25, -0.2) is 0 Å². The average Bonchev–Trinajstić information content (AvgIpc) is 2.13. The molecule has 0 aliphatic heterocycles. The molecule has 0 aliphatic rings. The summed E-state index contributed by atoms with van der Waals surface area (Å²) in [5, 5.41) is 0. The molecule has 14 heavy (non-hydrogen) atoms. The quantitative estimate of drug-likeness (QED) is 0.438. The molecule has 0 spiro atoms. The van der Waals surface area contributed by atoms with Gasteiger partial charge in [-0.05, 0) is 0 Å². The molecular formula is C13H20I-. The first-order valence-corrected chi connectivity index (χ1v) is 7.82. The first-order chi connectivity index (χ1) is 6.58. The zero-order valence-corrected chi connectivity index (χ0v) is 11.5. The molecule has 1 rings (SSSR count). The summed E-state index contributed by atoms with van der Waals surface area (Å²) in [4.78, 5) is 0. The van der Waals surface area contributed by atoms with Crippen molar-refractivity contribution in [2.75, 3.05) is 4.43 Å². The van der Waals surface area contributed by atoms with Gasteiger partial charge in [0, 0.05) is 0 Å². The fourth-order valence-electron chi connectivity index (χ4n) is 1.28. The molecule has 0 atom stereocenters. The summed E-state index contributed by atoms with van der Waals surface area (Å²) >= 11 is 0.272. The third-order valence-electron chi connectivity index (χ3n) is 2.04. The van der Waals surface area contributed by atoms with Crippen molar-refractivity contribution >= 4 is 0 Å². The van der Waals surface area contributed by atoms with E-state index < -0.39 is 0 Å². The number of hydrogen-bond donors (Lipinski definition) is 0. The Kier molecular flexibility index (Phi) is 4.93.